The molecule has 1 amide bonds. The molecule has 0 saturated carbocycles. The highest BCUT2D eigenvalue weighted by molar-refractivity contribution is 5.74. The molecule has 1 unspecified atom stereocenters. The summed E-state index contributed by atoms with van der Waals surface area (Å²) in [5.74, 6) is -1.26. The molecular weight excluding hydrogens is 280 g/mol. The maximum Gasteiger partial charge on any atom is 0.407 e. The summed E-state index contributed by atoms with van der Waals surface area (Å²) < 4.78 is 5.15. The highest BCUT2D eigenvalue weighted by Crippen LogP contribution is 2.20. The molecule has 1 aliphatic heterocycles. The second kappa shape index (κ2) is 6.06. The van der Waals surface area contributed by atoms with Crippen molar-refractivity contribution in [2.45, 2.75) is 18.1 Å². The first kappa shape index (κ1) is 15.2. The zero-order valence-electron chi connectivity index (χ0n) is 11.2. The van der Waals surface area contributed by atoms with Crippen molar-refractivity contribution < 1.29 is 29.6 Å². The minimum Gasteiger partial charge on any atom is -0.479 e. The molecule has 0 radical (unpaired) electrons. The van der Waals surface area contributed by atoms with E-state index in [4.69, 9.17) is 14.9 Å². The lowest BCUT2D eigenvalue weighted by Crippen LogP contribution is -2.48. The van der Waals surface area contributed by atoms with E-state index in [1.165, 1.54) is 0 Å². The average molecular weight is 296 g/mol. The van der Waals surface area contributed by atoms with E-state index in [0.717, 1.165) is 4.90 Å². The number of aliphatic carboxylic acids is 1. The predicted octanol–water partition coefficient (Wildman–Crippen LogP) is -0.181. The van der Waals surface area contributed by atoms with Gasteiger partial charge in [0.05, 0.1) is 19.7 Å². The van der Waals surface area contributed by atoms with Crippen molar-refractivity contribution >= 4 is 12.1 Å². The summed E-state index contributed by atoms with van der Waals surface area (Å²) >= 11 is 0. The van der Waals surface area contributed by atoms with E-state index in [2.05, 4.69) is 4.98 Å². The van der Waals surface area contributed by atoms with Crippen LogP contribution in [0.3, 0.4) is 0 Å². The van der Waals surface area contributed by atoms with Crippen molar-refractivity contribution in [3.05, 3.63) is 30.1 Å². The van der Waals surface area contributed by atoms with Crippen LogP contribution in [0.2, 0.25) is 0 Å². The summed E-state index contributed by atoms with van der Waals surface area (Å²) in [5.41, 5.74) is -0.945. The molecule has 1 saturated heterocycles. The van der Waals surface area contributed by atoms with Gasteiger partial charge >= 0.3 is 12.1 Å². The van der Waals surface area contributed by atoms with Gasteiger partial charge in [-0.2, -0.15) is 0 Å². The van der Waals surface area contributed by atoms with Crippen LogP contribution in [0.25, 0.3) is 0 Å². The highest BCUT2D eigenvalue weighted by Gasteiger charge is 2.39. The van der Waals surface area contributed by atoms with E-state index in [1.807, 2.05) is 0 Å². The normalized spacial score (nSPS) is 26.1. The fourth-order valence-electron chi connectivity index (χ4n) is 2.22. The van der Waals surface area contributed by atoms with Crippen molar-refractivity contribution in [2.24, 2.45) is 0 Å². The average Bonchev–Trinajstić information content (AvgIpc) is 2.59. The molecule has 3 N–H and O–H groups in total. The SMILES string of the molecule is O=C(O)[C@@H]1CN(C(=O)O)CC(O)(Cc2ccccn2)CO1. The number of carboxylic acids is 1. The molecular formula is C13H16N2O6. The van der Waals surface area contributed by atoms with Crippen LogP contribution in [0.1, 0.15) is 5.69 Å². The molecule has 0 aromatic carbocycles. The zero-order chi connectivity index (χ0) is 15.5. The van der Waals surface area contributed by atoms with Crippen LogP contribution in [0.5, 0.6) is 0 Å². The first-order valence-electron chi connectivity index (χ1n) is 6.34. The first-order chi connectivity index (χ1) is 9.89. The Hall–Kier alpha value is -2.19. The second-order valence-corrected chi connectivity index (χ2v) is 5.02. The number of rotatable bonds is 3. The van der Waals surface area contributed by atoms with Gasteiger partial charge < -0.3 is 25.0 Å². The Kier molecular flexibility index (Phi) is 4.39. The van der Waals surface area contributed by atoms with Crippen molar-refractivity contribution in [1.82, 2.24) is 9.88 Å². The van der Waals surface area contributed by atoms with Crippen molar-refractivity contribution in [3.8, 4) is 0 Å². The summed E-state index contributed by atoms with van der Waals surface area (Å²) in [6.45, 7) is -0.831. The molecule has 0 aliphatic carbocycles. The minimum atomic E-state index is -1.52. The Balaban J connectivity index is 2.18. The van der Waals surface area contributed by atoms with Crippen LogP contribution in [0.15, 0.2) is 24.4 Å². The maximum atomic E-state index is 11.2. The van der Waals surface area contributed by atoms with Gasteiger partial charge in [0.25, 0.3) is 0 Å². The summed E-state index contributed by atoms with van der Waals surface area (Å²) in [6.07, 6.45) is -0.958. The van der Waals surface area contributed by atoms with E-state index in [-0.39, 0.29) is 26.1 Å². The molecule has 2 heterocycles. The van der Waals surface area contributed by atoms with Gasteiger partial charge in [-0.15, -0.1) is 0 Å². The third-order valence-corrected chi connectivity index (χ3v) is 3.21. The molecule has 1 aromatic heterocycles. The van der Waals surface area contributed by atoms with Crippen molar-refractivity contribution in [3.63, 3.8) is 0 Å². The number of aromatic nitrogens is 1. The van der Waals surface area contributed by atoms with Crippen LogP contribution in [0.4, 0.5) is 4.79 Å². The number of carbonyl (C=O) groups is 2. The number of ether oxygens (including phenoxy) is 1. The fourth-order valence-corrected chi connectivity index (χ4v) is 2.22. The van der Waals surface area contributed by atoms with Gasteiger partial charge in [-0.05, 0) is 12.1 Å². The Bertz CT molecular complexity index is 523. The van der Waals surface area contributed by atoms with Crippen LogP contribution in [0, 0.1) is 0 Å². The van der Waals surface area contributed by atoms with Gasteiger partial charge in [-0.3, -0.25) is 4.98 Å². The van der Waals surface area contributed by atoms with Crippen LogP contribution in [-0.4, -0.2) is 68.7 Å². The number of amides is 1. The monoisotopic (exact) mass is 296 g/mol. The lowest BCUT2D eigenvalue weighted by Gasteiger charge is -2.28. The molecule has 0 spiro atoms. The van der Waals surface area contributed by atoms with Gasteiger partial charge in [0.15, 0.2) is 6.10 Å². The molecule has 2 rings (SSSR count). The quantitative estimate of drug-likeness (QED) is 0.707. The predicted molar refractivity (Wildman–Crippen MR) is 69.9 cm³/mol. The van der Waals surface area contributed by atoms with Crippen LogP contribution >= 0.6 is 0 Å². The summed E-state index contributed by atoms with van der Waals surface area (Å²) in [7, 11) is 0. The van der Waals surface area contributed by atoms with E-state index in [9.17, 15) is 14.7 Å². The number of β-amino-alcohol motifs (C(OH)–C–C–N with tert-alkyl or cyclic N) is 1. The smallest absolute Gasteiger partial charge is 0.407 e. The van der Waals surface area contributed by atoms with Gasteiger partial charge in [-0.1, -0.05) is 6.07 Å². The lowest BCUT2D eigenvalue weighted by molar-refractivity contribution is -0.152. The molecule has 1 aromatic rings. The molecule has 8 nitrogen and oxygen atoms in total. The summed E-state index contributed by atoms with van der Waals surface area (Å²) in [4.78, 5) is 27.1. The third-order valence-electron chi connectivity index (χ3n) is 3.21. The molecule has 21 heavy (non-hydrogen) atoms. The lowest BCUT2D eigenvalue weighted by atomic mass is 9.98. The van der Waals surface area contributed by atoms with Crippen molar-refractivity contribution in [2.75, 3.05) is 19.7 Å². The number of nitrogens with zero attached hydrogens (tertiary/aromatic N) is 2. The molecule has 2 atom stereocenters. The van der Waals surface area contributed by atoms with Gasteiger partial charge in [0, 0.05) is 18.3 Å². The summed E-state index contributed by atoms with van der Waals surface area (Å²) in [6, 6.07) is 5.17. The Labute approximate surface area is 120 Å². The van der Waals surface area contributed by atoms with Gasteiger partial charge in [0.1, 0.15) is 5.60 Å². The van der Waals surface area contributed by atoms with E-state index >= 15 is 0 Å². The first-order valence-corrected chi connectivity index (χ1v) is 6.34. The Morgan fingerprint density at radius 1 is 1.43 bits per heavy atom. The van der Waals surface area contributed by atoms with Gasteiger partial charge in [-0.25, -0.2) is 9.59 Å². The minimum absolute atomic E-state index is 0.0734. The summed E-state index contributed by atoms with van der Waals surface area (Å²) in [5, 5.41) is 28.7. The topological polar surface area (TPSA) is 120 Å². The Morgan fingerprint density at radius 2 is 2.19 bits per heavy atom. The fraction of sp³-hybridized carbons (Fsp3) is 0.462. The molecule has 1 aliphatic rings. The number of carboxylic acid groups (broad SMARTS) is 2. The Morgan fingerprint density at radius 3 is 2.76 bits per heavy atom. The standard InChI is InChI=1S/C13H16N2O6/c16-11(17)10-6-15(12(18)19)7-13(20,8-21-10)5-9-3-1-2-4-14-9/h1-4,10,20H,5-8H2,(H,16,17)(H,18,19)/t10-,13?/m0/s1. The van der Waals surface area contributed by atoms with Crippen molar-refractivity contribution in [1.29, 1.82) is 0 Å². The number of pyridine rings is 1. The van der Waals surface area contributed by atoms with E-state index in [1.54, 1.807) is 24.4 Å². The maximum absolute atomic E-state index is 11.2. The largest absolute Gasteiger partial charge is 0.479 e. The van der Waals surface area contributed by atoms with Gasteiger partial charge in [0.2, 0.25) is 0 Å². The highest BCUT2D eigenvalue weighted by atomic mass is 16.5. The number of hydrogen-bond donors (Lipinski definition) is 3. The second-order valence-electron chi connectivity index (χ2n) is 5.02. The molecule has 0 bridgehead atoms. The van der Waals surface area contributed by atoms with E-state index < -0.39 is 23.8 Å². The molecule has 114 valence electrons. The third kappa shape index (κ3) is 3.89. The zero-order valence-corrected chi connectivity index (χ0v) is 11.2. The van der Waals surface area contributed by atoms with Crippen LogP contribution < -0.4 is 0 Å². The number of hydrogen-bond acceptors (Lipinski definition) is 5. The molecule has 1 fully saturated rings. The van der Waals surface area contributed by atoms with Crippen LogP contribution in [-0.2, 0) is 16.0 Å². The molecule has 8 heteroatoms. The van der Waals surface area contributed by atoms with E-state index in [0.29, 0.717) is 5.69 Å². The number of aliphatic hydroxyl groups is 1.